The van der Waals surface area contributed by atoms with Crippen LogP contribution in [0.25, 0.3) is 0 Å². The molecule has 1 N–H and O–H groups in total. The number of aliphatic hydroxyl groups is 1. The highest BCUT2D eigenvalue weighted by molar-refractivity contribution is 5.70. The Morgan fingerprint density at radius 2 is 0.969 bits per heavy atom. The van der Waals surface area contributed by atoms with E-state index in [9.17, 15) is 14.7 Å². The molecule has 0 saturated heterocycles. The maximum Gasteiger partial charge on any atom is 0.306 e. The first-order valence-electron chi connectivity index (χ1n) is 13.6. The molecular weight excluding hydrogens is 404 g/mol. The normalized spacial score (nSPS) is 12.0. The second-order valence-electron chi connectivity index (χ2n) is 9.13. The molecular formula is C27H52O5. The van der Waals surface area contributed by atoms with Gasteiger partial charge in [-0.05, 0) is 12.8 Å². The first-order valence-corrected chi connectivity index (χ1v) is 13.6. The van der Waals surface area contributed by atoms with E-state index < -0.39 is 6.10 Å². The minimum absolute atomic E-state index is 0.0609. The number of aliphatic hydroxyl groups excluding tert-OH is 1. The molecule has 0 spiro atoms. The molecule has 0 aliphatic rings. The maximum absolute atomic E-state index is 12.0. The van der Waals surface area contributed by atoms with Crippen LogP contribution in [-0.2, 0) is 19.1 Å². The molecule has 0 saturated carbocycles. The van der Waals surface area contributed by atoms with E-state index in [4.69, 9.17) is 9.47 Å². The van der Waals surface area contributed by atoms with Gasteiger partial charge in [0, 0.05) is 12.8 Å². The predicted molar refractivity (Wildman–Crippen MR) is 132 cm³/mol. The summed E-state index contributed by atoms with van der Waals surface area (Å²) in [5, 5.41) is 9.38. The number of ether oxygens (including phenoxy) is 2. The van der Waals surface area contributed by atoms with Crippen molar-refractivity contribution in [2.24, 2.45) is 0 Å². The van der Waals surface area contributed by atoms with Crippen molar-refractivity contribution in [3.05, 3.63) is 0 Å². The van der Waals surface area contributed by atoms with Crippen molar-refractivity contribution in [2.75, 3.05) is 13.2 Å². The van der Waals surface area contributed by atoms with E-state index in [1.807, 2.05) is 0 Å². The Bertz CT molecular complexity index is 424. The van der Waals surface area contributed by atoms with Crippen LogP contribution in [0.2, 0.25) is 0 Å². The molecule has 0 rings (SSSR count). The predicted octanol–water partition coefficient (Wildman–Crippen LogP) is 7.28. The molecule has 5 nitrogen and oxygen atoms in total. The molecule has 0 unspecified atom stereocenters. The number of esters is 2. The van der Waals surface area contributed by atoms with Crippen LogP contribution in [-0.4, -0.2) is 36.4 Å². The number of carbonyl (C=O) groups excluding carboxylic acids is 2. The van der Waals surface area contributed by atoms with Crippen LogP contribution in [0.3, 0.4) is 0 Å². The molecule has 0 radical (unpaired) electrons. The fraction of sp³-hybridized carbons (Fsp3) is 0.926. The minimum Gasteiger partial charge on any atom is -0.462 e. The molecule has 0 aromatic heterocycles. The lowest BCUT2D eigenvalue weighted by Crippen LogP contribution is -2.28. The third-order valence-corrected chi connectivity index (χ3v) is 5.90. The highest BCUT2D eigenvalue weighted by Crippen LogP contribution is 2.13. The second-order valence-corrected chi connectivity index (χ2v) is 9.13. The van der Waals surface area contributed by atoms with Crippen LogP contribution in [0.4, 0.5) is 0 Å². The van der Waals surface area contributed by atoms with Crippen molar-refractivity contribution >= 4 is 11.9 Å². The van der Waals surface area contributed by atoms with E-state index in [0.29, 0.717) is 12.8 Å². The van der Waals surface area contributed by atoms with Crippen LogP contribution in [0.5, 0.6) is 0 Å². The fourth-order valence-corrected chi connectivity index (χ4v) is 3.79. The third-order valence-electron chi connectivity index (χ3n) is 5.90. The molecule has 0 aliphatic carbocycles. The Morgan fingerprint density at radius 3 is 1.38 bits per heavy atom. The summed E-state index contributed by atoms with van der Waals surface area (Å²) in [6, 6.07) is 0. The lowest BCUT2D eigenvalue weighted by Gasteiger charge is -2.15. The van der Waals surface area contributed by atoms with Gasteiger partial charge in [-0.25, -0.2) is 0 Å². The number of carbonyl (C=O) groups is 2. The van der Waals surface area contributed by atoms with Gasteiger partial charge in [0.1, 0.15) is 6.61 Å². The van der Waals surface area contributed by atoms with Crippen LogP contribution in [0.1, 0.15) is 142 Å². The molecule has 1 atom stereocenters. The van der Waals surface area contributed by atoms with E-state index in [1.165, 1.54) is 77.0 Å². The van der Waals surface area contributed by atoms with Crippen molar-refractivity contribution in [3.8, 4) is 0 Å². The smallest absolute Gasteiger partial charge is 0.306 e. The van der Waals surface area contributed by atoms with Crippen LogP contribution >= 0.6 is 0 Å². The summed E-state index contributed by atoms with van der Waals surface area (Å²) < 4.78 is 10.4. The molecule has 0 amide bonds. The third kappa shape index (κ3) is 22.1. The highest BCUT2D eigenvalue weighted by atomic mass is 16.6. The molecule has 190 valence electrons. The van der Waals surface area contributed by atoms with Gasteiger partial charge in [-0.3, -0.25) is 9.59 Å². The lowest BCUT2D eigenvalue weighted by atomic mass is 10.0. The first kappa shape index (κ1) is 30.9. The van der Waals surface area contributed by atoms with E-state index in [0.717, 1.165) is 38.5 Å². The lowest BCUT2D eigenvalue weighted by molar-refractivity contribution is -0.161. The zero-order valence-corrected chi connectivity index (χ0v) is 21.2. The van der Waals surface area contributed by atoms with Crippen LogP contribution < -0.4 is 0 Å². The van der Waals surface area contributed by atoms with Gasteiger partial charge in [-0.15, -0.1) is 0 Å². The van der Waals surface area contributed by atoms with Gasteiger partial charge in [-0.1, -0.05) is 117 Å². The molecule has 0 aromatic carbocycles. The number of unbranched alkanes of at least 4 members (excludes halogenated alkanes) is 16. The summed E-state index contributed by atoms with van der Waals surface area (Å²) in [6.07, 6.45) is 21.8. The van der Waals surface area contributed by atoms with Gasteiger partial charge in [0.05, 0.1) is 6.61 Å². The van der Waals surface area contributed by atoms with Gasteiger partial charge in [0.2, 0.25) is 0 Å². The van der Waals surface area contributed by atoms with E-state index >= 15 is 0 Å². The van der Waals surface area contributed by atoms with Crippen molar-refractivity contribution in [3.63, 3.8) is 0 Å². The Kier molecular flexibility index (Phi) is 23.7. The number of hydrogen-bond donors (Lipinski definition) is 1. The van der Waals surface area contributed by atoms with Gasteiger partial charge < -0.3 is 14.6 Å². The summed E-state index contributed by atoms with van der Waals surface area (Å²) in [5.74, 6) is -0.602. The van der Waals surface area contributed by atoms with Crippen molar-refractivity contribution in [2.45, 2.75) is 148 Å². The summed E-state index contributed by atoms with van der Waals surface area (Å²) >= 11 is 0. The molecule has 32 heavy (non-hydrogen) atoms. The first-order chi connectivity index (χ1) is 15.6. The van der Waals surface area contributed by atoms with Gasteiger partial charge in [0.15, 0.2) is 6.10 Å². The highest BCUT2D eigenvalue weighted by Gasteiger charge is 2.16. The quantitative estimate of drug-likeness (QED) is 0.122. The van der Waals surface area contributed by atoms with Crippen molar-refractivity contribution < 1.29 is 24.2 Å². The van der Waals surface area contributed by atoms with E-state index in [-0.39, 0.29) is 25.2 Å². The SMILES string of the molecule is CCCCCCCCCCCCCCCC(=O)O[C@@H](CO)COC(=O)CCCCCCC. The Morgan fingerprint density at radius 1 is 0.594 bits per heavy atom. The monoisotopic (exact) mass is 456 g/mol. The van der Waals surface area contributed by atoms with Crippen LogP contribution in [0.15, 0.2) is 0 Å². The second kappa shape index (κ2) is 24.5. The van der Waals surface area contributed by atoms with E-state index in [1.54, 1.807) is 0 Å². The molecule has 0 aromatic rings. The molecule has 0 bridgehead atoms. The fourth-order valence-electron chi connectivity index (χ4n) is 3.79. The largest absolute Gasteiger partial charge is 0.462 e. The summed E-state index contributed by atoms with van der Waals surface area (Å²) in [5.41, 5.74) is 0. The Balaban J connectivity index is 3.55. The van der Waals surface area contributed by atoms with Crippen LogP contribution in [0, 0.1) is 0 Å². The summed E-state index contributed by atoms with van der Waals surface area (Å²) in [4.78, 5) is 23.7. The average molecular weight is 457 g/mol. The number of hydrogen-bond acceptors (Lipinski definition) is 5. The van der Waals surface area contributed by atoms with Gasteiger partial charge >= 0.3 is 11.9 Å². The Hall–Kier alpha value is -1.10. The van der Waals surface area contributed by atoms with Crippen molar-refractivity contribution in [1.82, 2.24) is 0 Å². The minimum atomic E-state index is -0.756. The Labute approximate surface area is 198 Å². The number of rotatable bonds is 24. The van der Waals surface area contributed by atoms with Gasteiger partial charge in [-0.2, -0.15) is 0 Å². The van der Waals surface area contributed by atoms with Gasteiger partial charge in [0.25, 0.3) is 0 Å². The topological polar surface area (TPSA) is 72.8 Å². The molecule has 5 heteroatoms. The maximum atomic E-state index is 12.0. The zero-order chi connectivity index (χ0) is 23.7. The summed E-state index contributed by atoms with van der Waals surface area (Å²) in [7, 11) is 0. The molecule has 0 heterocycles. The standard InChI is InChI=1S/C27H52O5/c1-3-5-7-9-10-11-12-13-14-15-16-18-20-22-27(30)32-25(23-28)24-31-26(29)21-19-17-8-6-4-2/h25,28H,3-24H2,1-2H3/t25-/m0/s1. The molecule has 0 fully saturated rings. The molecule has 0 aliphatic heterocycles. The average Bonchev–Trinajstić information content (AvgIpc) is 2.79. The summed E-state index contributed by atoms with van der Waals surface area (Å²) in [6.45, 7) is 4.03. The van der Waals surface area contributed by atoms with Crippen molar-refractivity contribution in [1.29, 1.82) is 0 Å². The zero-order valence-electron chi connectivity index (χ0n) is 21.2. The van der Waals surface area contributed by atoms with E-state index in [2.05, 4.69) is 13.8 Å².